The summed E-state index contributed by atoms with van der Waals surface area (Å²) in [6, 6.07) is 10.7. The number of halogens is 2. The van der Waals surface area contributed by atoms with E-state index in [1.807, 2.05) is 20.9 Å². The molecule has 3 rings (SSSR count). The molecule has 7 nitrogen and oxygen atoms in total. The van der Waals surface area contributed by atoms with Crippen LogP contribution in [0, 0.1) is 5.82 Å². The standard InChI is InChI=1S/C22H25BrFN5O2/c1-22(2,10-11-25)31-19-9-8-14(12-15(19)20-16(23)13-26-29(20)3)27-21(30)28-18-7-5-4-6-17(18)24/h4-9,12-13H,10-11,25H2,1-3H3,(H2,27,28,30). The predicted octanol–water partition coefficient (Wildman–Crippen LogP) is 5.14. The predicted molar refractivity (Wildman–Crippen MR) is 124 cm³/mol. The van der Waals surface area contributed by atoms with Crippen molar-refractivity contribution in [3.05, 3.63) is 59.0 Å². The van der Waals surface area contributed by atoms with Crippen LogP contribution in [0.4, 0.5) is 20.6 Å². The first-order valence-corrected chi connectivity index (χ1v) is 10.5. The van der Waals surface area contributed by atoms with Gasteiger partial charge in [0.25, 0.3) is 0 Å². The quantitative estimate of drug-likeness (QED) is 0.428. The summed E-state index contributed by atoms with van der Waals surface area (Å²) in [5.41, 5.74) is 7.37. The van der Waals surface area contributed by atoms with Crippen LogP contribution in [0.2, 0.25) is 0 Å². The van der Waals surface area contributed by atoms with Gasteiger partial charge >= 0.3 is 6.03 Å². The Bertz CT molecular complexity index is 1060. The van der Waals surface area contributed by atoms with E-state index in [0.717, 1.165) is 15.7 Å². The van der Waals surface area contributed by atoms with Crippen LogP contribution in [0.15, 0.2) is 53.1 Å². The lowest BCUT2D eigenvalue weighted by Crippen LogP contribution is -2.31. The van der Waals surface area contributed by atoms with Gasteiger partial charge in [-0.2, -0.15) is 5.10 Å². The number of nitrogens with two attached hydrogens (primary N) is 1. The number of urea groups is 1. The van der Waals surface area contributed by atoms with Gasteiger partial charge in [-0.3, -0.25) is 4.68 Å². The Kier molecular flexibility index (Phi) is 6.97. The molecule has 0 atom stereocenters. The largest absolute Gasteiger partial charge is 0.487 e. The van der Waals surface area contributed by atoms with Gasteiger partial charge in [-0.25, -0.2) is 9.18 Å². The summed E-state index contributed by atoms with van der Waals surface area (Å²) in [5.74, 6) is 0.117. The Balaban J connectivity index is 1.92. The van der Waals surface area contributed by atoms with Gasteiger partial charge in [-0.1, -0.05) is 12.1 Å². The maximum Gasteiger partial charge on any atom is 0.323 e. The molecule has 0 aliphatic heterocycles. The number of amides is 2. The van der Waals surface area contributed by atoms with Crippen LogP contribution in [0.3, 0.4) is 0 Å². The molecular weight excluding hydrogens is 465 g/mol. The second-order valence-electron chi connectivity index (χ2n) is 7.64. The van der Waals surface area contributed by atoms with Crippen molar-refractivity contribution in [1.82, 2.24) is 9.78 Å². The number of hydrogen-bond acceptors (Lipinski definition) is 4. The SMILES string of the molecule is Cn1ncc(Br)c1-c1cc(NC(=O)Nc2ccccc2F)ccc1OC(C)(C)CCN. The fourth-order valence-corrected chi connectivity index (χ4v) is 3.70. The van der Waals surface area contributed by atoms with Crippen LogP contribution in [-0.2, 0) is 7.05 Å². The van der Waals surface area contributed by atoms with E-state index in [4.69, 9.17) is 10.5 Å². The van der Waals surface area contributed by atoms with Crippen LogP contribution in [0.1, 0.15) is 20.3 Å². The molecule has 0 aliphatic rings. The molecule has 0 saturated carbocycles. The molecule has 3 aromatic rings. The highest BCUT2D eigenvalue weighted by Crippen LogP contribution is 2.38. The molecule has 2 amide bonds. The number of hydrogen-bond donors (Lipinski definition) is 3. The molecule has 0 radical (unpaired) electrons. The molecule has 2 aromatic carbocycles. The molecule has 0 aliphatic carbocycles. The van der Waals surface area contributed by atoms with Crippen LogP contribution < -0.4 is 21.1 Å². The maximum atomic E-state index is 13.8. The van der Waals surface area contributed by atoms with E-state index >= 15 is 0 Å². The highest BCUT2D eigenvalue weighted by molar-refractivity contribution is 9.10. The van der Waals surface area contributed by atoms with E-state index in [0.29, 0.717) is 24.4 Å². The summed E-state index contributed by atoms with van der Waals surface area (Å²) in [6.07, 6.45) is 2.36. The Morgan fingerprint density at radius 1 is 1.26 bits per heavy atom. The molecule has 0 fully saturated rings. The van der Waals surface area contributed by atoms with Crippen molar-refractivity contribution in [2.24, 2.45) is 12.8 Å². The maximum absolute atomic E-state index is 13.8. The average molecular weight is 490 g/mol. The number of nitrogens with one attached hydrogen (secondary N) is 2. The Hall–Kier alpha value is -2.91. The molecule has 4 N–H and O–H groups in total. The molecule has 0 bridgehead atoms. The van der Waals surface area contributed by atoms with E-state index in [1.54, 1.807) is 41.2 Å². The van der Waals surface area contributed by atoms with Crippen molar-refractivity contribution < 1.29 is 13.9 Å². The van der Waals surface area contributed by atoms with Crippen LogP contribution >= 0.6 is 15.9 Å². The van der Waals surface area contributed by atoms with E-state index in [-0.39, 0.29) is 5.69 Å². The highest BCUT2D eigenvalue weighted by atomic mass is 79.9. The normalized spacial score (nSPS) is 11.3. The fourth-order valence-electron chi connectivity index (χ4n) is 3.14. The summed E-state index contributed by atoms with van der Waals surface area (Å²) in [7, 11) is 1.82. The third-order valence-corrected chi connectivity index (χ3v) is 5.22. The topological polar surface area (TPSA) is 94.2 Å². The van der Waals surface area contributed by atoms with Gasteiger partial charge in [0.1, 0.15) is 17.2 Å². The summed E-state index contributed by atoms with van der Waals surface area (Å²) >= 11 is 3.53. The number of carbonyl (C=O) groups is 1. The van der Waals surface area contributed by atoms with E-state index < -0.39 is 17.4 Å². The number of ether oxygens (including phenoxy) is 1. The molecule has 1 aromatic heterocycles. The molecule has 0 unspecified atom stereocenters. The van der Waals surface area contributed by atoms with Crippen LogP contribution in [0.25, 0.3) is 11.3 Å². The van der Waals surface area contributed by atoms with Crippen molar-refractivity contribution in [3.8, 4) is 17.0 Å². The van der Waals surface area contributed by atoms with E-state index in [1.165, 1.54) is 12.1 Å². The number of anilines is 2. The average Bonchev–Trinajstić information content (AvgIpc) is 3.03. The number of nitrogens with zero attached hydrogens (tertiary/aromatic N) is 2. The fraction of sp³-hybridized carbons (Fsp3) is 0.273. The first kappa shape index (κ1) is 22.8. The van der Waals surface area contributed by atoms with Gasteiger partial charge in [0.05, 0.1) is 22.1 Å². The summed E-state index contributed by atoms with van der Waals surface area (Å²) in [4.78, 5) is 12.4. The number of aryl methyl sites for hydroxylation is 1. The third-order valence-electron chi connectivity index (χ3n) is 4.64. The lowest BCUT2D eigenvalue weighted by atomic mass is 10.0. The van der Waals surface area contributed by atoms with Gasteiger partial charge in [0.2, 0.25) is 0 Å². The molecule has 31 heavy (non-hydrogen) atoms. The van der Waals surface area contributed by atoms with Crippen molar-refractivity contribution in [1.29, 1.82) is 0 Å². The van der Waals surface area contributed by atoms with E-state index in [2.05, 4.69) is 31.7 Å². The van der Waals surface area contributed by atoms with Crippen molar-refractivity contribution in [2.45, 2.75) is 25.9 Å². The monoisotopic (exact) mass is 489 g/mol. The molecule has 0 saturated heterocycles. The molecule has 164 valence electrons. The third kappa shape index (κ3) is 5.62. The van der Waals surface area contributed by atoms with Crippen LogP contribution in [-0.4, -0.2) is 28.0 Å². The molecule has 0 spiro atoms. The number of para-hydroxylation sites is 1. The van der Waals surface area contributed by atoms with Crippen LogP contribution in [0.5, 0.6) is 5.75 Å². The minimum absolute atomic E-state index is 0.0955. The second-order valence-corrected chi connectivity index (χ2v) is 8.49. The number of carbonyl (C=O) groups excluding carboxylic acids is 1. The lowest BCUT2D eigenvalue weighted by Gasteiger charge is -2.27. The summed E-state index contributed by atoms with van der Waals surface area (Å²) in [5, 5.41) is 9.52. The van der Waals surface area contributed by atoms with Crippen molar-refractivity contribution in [2.75, 3.05) is 17.2 Å². The minimum Gasteiger partial charge on any atom is -0.487 e. The first-order valence-electron chi connectivity index (χ1n) is 9.74. The highest BCUT2D eigenvalue weighted by Gasteiger charge is 2.23. The lowest BCUT2D eigenvalue weighted by molar-refractivity contribution is 0.103. The first-order chi connectivity index (χ1) is 14.7. The molecule has 9 heteroatoms. The second kappa shape index (κ2) is 9.49. The van der Waals surface area contributed by atoms with Crippen molar-refractivity contribution >= 4 is 33.3 Å². The smallest absolute Gasteiger partial charge is 0.323 e. The van der Waals surface area contributed by atoms with Gasteiger partial charge in [-0.15, -0.1) is 0 Å². The zero-order chi connectivity index (χ0) is 22.6. The minimum atomic E-state index is -0.558. The summed E-state index contributed by atoms with van der Waals surface area (Å²) < 4.78 is 22.6. The van der Waals surface area contributed by atoms with Crippen molar-refractivity contribution in [3.63, 3.8) is 0 Å². The van der Waals surface area contributed by atoms with Gasteiger partial charge in [-0.05, 0) is 73.1 Å². The number of rotatable bonds is 7. The molecular formula is C22H25BrFN5O2. The summed E-state index contributed by atoms with van der Waals surface area (Å²) in [6.45, 7) is 4.43. The number of aromatic nitrogens is 2. The van der Waals surface area contributed by atoms with E-state index in [9.17, 15) is 9.18 Å². The zero-order valence-corrected chi connectivity index (χ0v) is 19.2. The Morgan fingerprint density at radius 2 is 2.00 bits per heavy atom. The Morgan fingerprint density at radius 3 is 2.65 bits per heavy atom. The van der Waals surface area contributed by atoms with Gasteiger partial charge < -0.3 is 21.1 Å². The Labute approximate surface area is 188 Å². The van der Waals surface area contributed by atoms with Gasteiger partial charge in [0.15, 0.2) is 0 Å². The van der Waals surface area contributed by atoms with Gasteiger partial charge in [0, 0.05) is 18.3 Å². The molecule has 1 heterocycles. The zero-order valence-electron chi connectivity index (χ0n) is 17.6. The number of benzene rings is 2.